The van der Waals surface area contributed by atoms with Gasteiger partial charge < -0.3 is 20.4 Å². The van der Waals surface area contributed by atoms with Gasteiger partial charge in [0.25, 0.3) is 0 Å². The van der Waals surface area contributed by atoms with Gasteiger partial charge in [0.1, 0.15) is 0 Å². The van der Waals surface area contributed by atoms with E-state index in [1.165, 1.54) is 0 Å². The molecule has 128 valence electrons. The van der Waals surface area contributed by atoms with Crippen molar-refractivity contribution in [2.75, 3.05) is 13.2 Å². The fraction of sp³-hybridized carbons (Fsp3) is 0.368. The molecule has 4 N–H and O–H groups in total. The highest BCUT2D eigenvalue weighted by molar-refractivity contribution is 5.33. The first-order valence-electron chi connectivity index (χ1n) is 8.14. The molecule has 5 heteroatoms. The Bertz CT molecular complexity index is 581. The molecule has 4 atom stereocenters. The Balaban J connectivity index is 2.10. The molecule has 0 aromatic heterocycles. The van der Waals surface area contributed by atoms with Crippen LogP contribution in [0.1, 0.15) is 17.2 Å². The van der Waals surface area contributed by atoms with Crippen LogP contribution in [-0.4, -0.2) is 62.8 Å². The van der Waals surface area contributed by atoms with Crippen molar-refractivity contribution < 1.29 is 20.4 Å². The third kappa shape index (κ3) is 2.97. The van der Waals surface area contributed by atoms with Crippen LogP contribution in [0.4, 0.5) is 0 Å². The fourth-order valence-corrected chi connectivity index (χ4v) is 3.65. The normalized spacial score (nSPS) is 27.7. The van der Waals surface area contributed by atoms with Crippen molar-refractivity contribution in [2.24, 2.45) is 0 Å². The monoisotopic (exact) mass is 329 g/mol. The summed E-state index contributed by atoms with van der Waals surface area (Å²) in [5.41, 5.74) is 1.95. The number of aliphatic hydroxyl groups excluding tert-OH is 4. The number of likely N-dealkylation sites (tertiary alicyclic amines) is 1. The second-order valence-corrected chi connectivity index (χ2v) is 6.15. The van der Waals surface area contributed by atoms with Gasteiger partial charge in [-0.1, -0.05) is 60.7 Å². The van der Waals surface area contributed by atoms with E-state index in [1.54, 1.807) is 0 Å². The second kappa shape index (κ2) is 7.42. The van der Waals surface area contributed by atoms with Crippen molar-refractivity contribution in [1.82, 2.24) is 4.90 Å². The van der Waals surface area contributed by atoms with Crippen LogP contribution in [0.25, 0.3) is 0 Å². The molecule has 0 bridgehead atoms. The summed E-state index contributed by atoms with van der Waals surface area (Å²) in [6, 6.07) is 17.8. The van der Waals surface area contributed by atoms with Gasteiger partial charge in [-0.3, -0.25) is 4.90 Å². The number of aliphatic hydroxyl groups is 4. The highest BCUT2D eigenvalue weighted by Gasteiger charge is 2.50. The summed E-state index contributed by atoms with van der Waals surface area (Å²) in [5.74, 6) is 0. The van der Waals surface area contributed by atoms with E-state index in [0.29, 0.717) is 0 Å². The van der Waals surface area contributed by atoms with Gasteiger partial charge in [-0.2, -0.15) is 0 Å². The topological polar surface area (TPSA) is 84.2 Å². The zero-order valence-corrected chi connectivity index (χ0v) is 13.3. The lowest BCUT2D eigenvalue weighted by Gasteiger charge is -2.37. The third-order valence-corrected chi connectivity index (χ3v) is 4.81. The van der Waals surface area contributed by atoms with E-state index in [1.807, 2.05) is 65.6 Å². The number of rotatable bonds is 5. The van der Waals surface area contributed by atoms with Gasteiger partial charge in [0.15, 0.2) is 0 Å². The van der Waals surface area contributed by atoms with E-state index < -0.39 is 24.3 Å². The predicted molar refractivity (Wildman–Crippen MR) is 90.3 cm³/mol. The number of hydrogen-bond acceptors (Lipinski definition) is 5. The van der Waals surface area contributed by atoms with E-state index in [-0.39, 0.29) is 19.3 Å². The minimum atomic E-state index is -1.11. The minimum absolute atomic E-state index is 0.284. The van der Waals surface area contributed by atoms with Gasteiger partial charge in [0.2, 0.25) is 0 Å². The Morgan fingerprint density at radius 2 is 1.08 bits per heavy atom. The smallest absolute Gasteiger partial charge is 0.0992 e. The summed E-state index contributed by atoms with van der Waals surface area (Å²) in [7, 11) is 0. The van der Waals surface area contributed by atoms with Crippen molar-refractivity contribution in [3.05, 3.63) is 71.8 Å². The molecular formula is C19H23NO4. The Kier molecular flexibility index (Phi) is 5.28. The van der Waals surface area contributed by atoms with Crippen LogP contribution in [-0.2, 0) is 0 Å². The van der Waals surface area contributed by atoms with Gasteiger partial charge in [-0.15, -0.1) is 0 Å². The summed E-state index contributed by atoms with van der Waals surface area (Å²) in [6.07, 6.45) is -2.22. The van der Waals surface area contributed by atoms with Crippen LogP contribution in [0.2, 0.25) is 0 Å². The van der Waals surface area contributed by atoms with Gasteiger partial charge in [0, 0.05) is 0 Å². The highest BCUT2D eigenvalue weighted by Crippen LogP contribution is 2.38. The van der Waals surface area contributed by atoms with Crippen LogP contribution in [0.5, 0.6) is 0 Å². The molecule has 1 aliphatic heterocycles. The van der Waals surface area contributed by atoms with Crippen LogP contribution < -0.4 is 0 Å². The first kappa shape index (κ1) is 17.1. The predicted octanol–water partition coefficient (Wildman–Crippen LogP) is 0.535. The van der Waals surface area contributed by atoms with Crippen LogP contribution >= 0.6 is 0 Å². The quantitative estimate of drug-likeness (QED) is 0.643. The van der Waals surface area contributed by atoms with Crippen LogP contribution in [0.3, 0.4) is 0 Å². The number of nitrogens with zero attached hydrogens (tertiary/aromatic N) is 1. The standard InChI is InChI=1S/C19H23NO4/c21-11-15-18(23)19(24)16(12-22)20(15)17(13-7-3-1-4-8-13)14-9-5-2-6-10-14/h1-10,15-19,21-24H,11-12H2/t15-,16+,18?,19?. The Morgan fingerprint density at radius 3 is 1.42 bits per heavy atom. The second-order valence-electron chi connectivity index (χ2n) is 6.15. The summed E-state index contributed by atoms with van der Waals surface area (Å²) < 4.78 is 0. The van der Waals surface area contributed by atoms with Crippen molar-refractivity contribution >= 4 is 0 Å². The SMILES string of the molecule is OC[C@@H]1C(O)C(O)[C@H](CO)N1C(c1ccccc1)c1ccccc1. The maximum absolute atomic E-state index is 10.3. The molecule has 24 heavy (non-hydrogen) atoms. The average Bonchev–Trinajstić information content (AvgIpc) is 2.87. The molecule has 3 rings (SSSR count). The lowest BCUT2D eigenvalue weighted by Crippen LogP contribution is -2.45. The van der Waals surface area contributed by atoms with Crippen LogP contribution in [0.15, 0.2) is 60.7 Å². The molecule has 0 saturated carbocycles. The van der Waals surface area contributed by atoms with E-state index in [0.717, 1.165) is 11.1 Å². The average molecular weight is 329 g/mol. The molecule has 0 aliphatic carbocycles. The number of benzene rings is 2. The maximum atomic E-state index is 10.3. The van der Waals surface area contributed by atoms with E-state index in [4.69, 9.17) is 0 Å². The molecule has 1 aliphatic rings. The number of hydrogen-bond donors (Lipinski definition) is 4. The lowest BCUT2D eigenvalue weighted by molar-refractivity contribution is 0.0130. The Morgan fingerprint density at radius 1 is 0.708 bits per heavy atom. The minimum Gasteiger partial charge on any atom is -0.395 e. The first-order valence-corrected chi connectivity index (χ1v) is 8.14. The Labute approximate surface area is 141 Å². The molecule has 2 unspecified atom stereocenters. The summed E-state index contributed by atoms with van der Waals surface area (Å²) in [6.45, 7) is -0.601. The molecule has 0 spiro atoms. The van der Waals surface area contributed by atoms with E-state index >= 15 is 0 Å². The molecule has 1 saturated heterocycles. The zero-order chi connectivity index (χ0) is 17.1. The molecule has 1 fully saturated rings. The van der Waals surface area contributed by atoms with Gasteiger partial charge in [0.05, 0.1) is 43.5 Å². The first-order chi connectivity index (χ1) is 11.7. The molecule has 2 aromatic rings. The van der Waals surface area contributed by atoms with E-state index in [2.05, 4.69) is 0 Å². The molecular weight excluding hydrogens is 306 g/mol. The molecule has 2 aromatic carbocycles. The molecule has 0 radical (unpaired) electrons. The van der Waals surface area contributed by atoms with Gasteiger partial charge in [-0.05, 0) is 11.1 Å². The van der Waals surface area contributed by atoms with Crippen molar-refractivity contribution in [3.63, 3.8) is 0 Å². The largest absolute Gasteiger partial charge is 0.395 e. The van der Waals surface area contributed by atoms with Crippen LogP contribution in [0, 0.1) is 0 Å². The summed E-state index contributed by atoms with van der Waals surface area (Å²) >= 11 is 0. The highest BCUT2D eigenvalue weighted by atomic mass is 16.3. The van der Waals surface area contributed by atoms with Crippen molar-refractivity contribution in [3.8, 4) is 0 Å². The van der Waals surface area contributed by atoms with Gasteiger partial charge >= 0.3 is 0 Å². The third-order valence-electron chi connectivity index (χ3n) is 4.81. The maximum Gasteiger partial charge on any atom is 0.0992 e. The lowest BCUT2D eigenvalue weighted by atomic mass is 9.95. The Hall–Kier alpha value is -1.76. The van der Waals surface area contributed by atoms with E-state index in [9.17, 15) is 20.4 Å². The molecule has 5 nitrogen and oxygen atoms in total. The summed E-state index contributed by atoms with van der Waals surface area (Å²) in [5, 5.41) is 40.2. The fourth-order valence-electron chi connectivity index (χ4n) is 3.65. The molecule has 1 heterocycles. The van der Waals surface area contributed by atoms with Crippen molar-refractivity contribution in [2.45, 2.75) is 30.3 Å². The zero-order valence-electron chi connectivity index (χ0n) is 13.3. The van der Waals surface area contributed by atoms with Gasteiger partial charge in [-0.25, -0.2) is 0 Å². The molecule has 0 amide bonds. The van der Waals surface area contributed by atoms with Crippen molar-refractivity contribution in [1.29, 1.82) is 0 Å². The summed E-state index contributed by atoms with van der Waals surface area (Å²) in [4.78, 5) is 1.83.